The third-order valence-electron chi connectivity index (χ3n) is 9.28. The van der Waals surface area contributed by atoms with Crippen LogP contribution in [0.15, 0.2) is 78.9 Å². The Morgan fingerprint density at radius 1 is 0.623 bits per heavy atom. The van der Waals surface area contributed by atoms with Crippen molar-refractivity contribution in [2.45, 2.75) is 85.5 Å². The molecule has 0 aromatic heterocycles. The van der Waals surface area contributed by atoms with Gasteiger partial charge in [-0.3, -0.25) is 0 Å². The van der Waals surface area contributed by atoms with Crippen LogP contribution < -0.4 is 4.74 Å². The molecule has 0 radical (unpaired) electrons. The Morgan fingerprint density at radius 2 is 1.18 bits per heavy atom. The lowest BCUT2D eigenvalue weighted by molar-refractivity contribution is -0.159. The number of ether oxygens (including phenoxy) is 7. The van der Waals surface area contributed by atoms with Gasteiger partial charge in [0.05, 0.1) is 20.8 Å². The van der Waals surface area contributed by atoms with E-state index in [0.717, 1.165) is 81.8 Å². The summed E-state index contributed by atoms with van der Waals surface area (Å²) in [6, 6.07) is 8.85. The summed E-state index contributed by atoms with van der Waals surface area (Å²) in [6.07, 6.45) is 10.7. The number of benzene rings is 2. The molecule has 0 amide bonds. The van der Waals surface area contributed by atoms with Gasteiger partial charge in [0, 0.05) is 41.0 Å². The number of methoxy groups -OCH3 is 2. The largest absolute Gasteiger partial charge is 0.492 e. The minimum absolute atomic E-state index is 0.0438. The van der Waals surface area contributed by atoms with Crippen LogP contribution in [-0.2, 0) is 76.5 Å². The Morgan fingerprint density at radius 3 is 1.72 bits per heavy atom. The molecule has 14 heteroatoms. The zero-order chi connectivity index (χ0) is 45.4. The van der Waals surface area contributed by atoms with Crippen LogP contribution >= 0.6 is 0 Å². The van der Waals surface area contributed by atoms with Crippen molar-refractivity contribution in [3.8, 4) is 16.9 Å². The summed E-state index contributed by atoms with van der Waals surface area (Å²) in [5.41, 5.74) is 1.96. The standard InChI is InChI=1S/C47H59FO13/c1-9-11-12-13-14-16-34-18-19-37(39(48)25-34)38-26-36(17-15-24-57-45(53)32(3)4)40(27-35(38)10-2)58-28-47(31-61-46(54)33(5)6,29-59-43(51)22-20-41(49)55-7)30-60-44(52)23-21-42(50)56-8/h18-23,25-27H,3,5,9-17,24,28-31H2,1-2,4,6-8H3/b22-20+,23-21+. The van der Waals surface area contributed by atoms with Crippen molar-refractivity contribution in [3.05, 3.63) is 101 Å². The van der Waals surface area contributed by atoms with Gasteiger partial charge in [0.1, 0.15) is 43.4 Å². The van der Waals surface area contributed by atoms with Crippen molar-refractivity contribution >= 4 is 35.8 Å². The fourth-order valence-corrected chi connectivity index (χ4v) is 5.73. The number of halogens is 1. The van der Waals surface area contributed by atoms with Gasteiger partial charge < -0.3 is 33.2 Å². The topological polar surface area (TPSA) is 167 Å². The van der Waals surface area contributed by atoms with Gasteiger partial charge >= 0.3 is 35.8 Å². The Balaban J connectivity index is 2.66. The molecule has 0 aliphatic carbocycles. The maximum absolute atomic E-state index is 15.9. The van der Waals surface area contributed by atoms with Crippen molar-refractivity contribution in [1.29, 1.82) is 0 Å². The molecule has 61 heavy (non-hydrogen) atoms. The van der Waals surface area contributed by atoms with Gasteiger partial charge in [0.15, 0.2) is 0 Å². The lowest BCUT2D eigenvalue weighted by Gasteiger charge is -2.32. The fourth-order valence-electron chi connectivity index (χ4n) is 5.73. The van der Waals surface area contributed by atoms with Gasteiger partial charge in [-0.1, -0.05) is 64.8 Å². The summed E-state index contributed by atoms with van der Waals surface area (Å²) in [4.78, 5) is 73.6. The molecule has 0 saturated heterocycles. The molecule has 2 aromatic rings. The van der Waals surface area contributed by atoms with Gasteiger partial charge in [-0.2, -0.15) is 0 Å². The minimum atomic E-state index is -1.60. The Hall–Kier alpha value is -6.05. The van der Waals surface area contributed by atoms with Crippen LogP contribution in [0.1, 0.15) is 82.9 Å². The number of carbonyl (C=O) groups excluding carboxylic acids is 6. The van der Waals surface area contributed by atoms with E-state index >= 15 is 4.39 Å². The maximum atomic E-state index is 15.9. The molecule has 0 aliphatic rings. The SMILES string of the molecule is C=C(C)C(=O)OCCCc1cc(-c2ccc(CCCCCCC)cc2F)c(CC)cc1OCC(COC(=O)/C=C/C(=O)OC)(COC(=O)/C=C/C(=O)OC)COC(=O)C(=C)C. The molecule has 332 valence electrons. The summed E-state index contributed by atoms with van der Waals surface area (Å²) < 4.78 is 53.2. The highest BCUT2D eigenvalue weighted by molar-refractivity contribution is 5.92. The molecule has 0 fully saturated rings. The number of hydrogen-bond acceptors (Lipinski definition) is 13. The predicted molar refractivity (Wildman–Crippen MR) is 226 cm³/mol. The first-order chi connectivity index (χ1) is 29.1. The highest BCUT2D eigenvalue weighted by Gasteiger charge is 2.38. The van der Waals surface area contributed by atoms with Crippen LogP contribution in [0.25, 0.3) is 11.1 Å². The van der Waals surface area contributed by atoms with Crippen LogP contribution in [0.2, 0.25) is 0 Å². The third-order valence-corrected chi connectivity index (χ3v) is 9.28. The van der Waals surface area contributed by atoms with E-state index < -0.39 is 67.7 Å². The zero-order valence-electron chi connectivity index (χ0n) is 36.2. The Bertz CT molecular complexity index is 1880. The first-order valence-electron chi connectivity index (χ1n) is 20.2. The molecule has 2 rings (SSSR count). The van der Waals surface area contributed by atoms with Gasteiger partial charge in [0.2, 0.25) is 0 Å². The quantitative estimate of drug-likeness (QED) is 0.0373. The van der Waals surface area contributed by atoms with Crippen molar-refractivity contribution in [2.75, 3.05) is 47.3 Å². The number of rotatable bonds is 27. The minimum Gasteiger partial charge on any atom is -0.492 e. The first kappa shape index (κ1) is 51.1. The van der Waals surface area contributed by atoms with Crippen LogP contribution in [0.5, 0.6) is 5.75 Å². The molecule has 0 spiro atoms. The number of hydrogen-bond donors (Lipinski definition) is 0. The molecular weight excluding hydrogens is 792 g/mol. The molecule has 0 N–H and O–H groups in total. The second kappa shape index (κ2) is 26.9. The molecule has 0 heterocycles. The van der Waals surface area contributed by atoms with E-state index in [-0.39, 0.29) is 23.6 Å². The average molecular weight is 851 g/mol. The molecule has 0 saturated carbocycles. The first-order valence-corrected chi connectivity index (χ1v) is 20.2. The van der Waals surface area contributed by atoms with Crippen LogP contribution in [0.4, 0.5) is 4.39 Å². The van der Waals surface area contributed by atoms with Crippen molar-refractivity contribution in [2.24, 2.45) is 5.41 Å². The van der Waals surface area contributed by atoms with E-state index in [2.05, 4.69) is 29.6 Å². The van der Waals surface area contributed by atoms with E-state index in [1.54, 1.807) is 18.2 Å². The van der Waals surface area contributed by atoms with E-state index in [4.69, 9.17) is 23.7 Å². The van der Waals surface area contributed by atoms with Crippen molar-refractivity contribution in [3.63, 3.8) is 0 Å². The lowest BCUT2D eigenvalue weighted by Crippen LogP contribution is -2.44. The Labute approximate surface area is 357 Å². The molecular formula is C47H59FO13. The van der Waals surface area contributed by atoms with Gasteiger partial charge in [-0.25, -0.2) is 33.2 Å². The van der Waals surface area contributed by atoms with E-state index in [1.807, 2.05) is 19.1 Å². The fraction of sp³-hybridized carbons (Fsp3) is 0.447. The van der Waals surface area contributed by atoms with Crippen molar-refractivity contribution < 1.29 is 66.3 Å². The van der Waals surface area contributed by atoms with Gasteiger partial charge in [-0.05, 0) is 86.4 Å². The summed E-state index contributed by atoms with van der Waals surface area (Å²) in [7, 11) is 2.25. The van der Waals surface area contributed by atoms with Crippen molar-refractivity contribution in [1.82, 2.24) is 0 Å². The molecule has 2 aromatic carbocycles. The van der Waals surface area contributed by atoms with E-state index in [0.29, 0.717) is 41.7 Å². The Kier molecular flexibility index (Phi) is 22.6. The molecule has 0 atom stereocenters. The average Bonchev–Trinajstić information content (AvgIpc) is 3.25. The van der Waals surface area contributed by atoms with Gasteiger partial charge in [-0.15, -0.1) is 0 Å². The lowest BCUT2D eigenvalue weighted by atomic mass is 9.91. The van der Waals surface area contributed by atoms with Crippen LogP contribution in [0, 0.1) is 11.2 Å². The highest BCUT2D eigenvalue weighted by Crippen LogP contribution is 2.35. The molecule has 0 bridgehead atoms. The number of carbonyl (C=O) groups is 6. The summed E-state index contributed by atoms with van der Waals surface area (Å²) in [5, 5.41) is 0. The van der Waals surface area contributed by atoms with E-state index in [1.165, 1.54) is 20.3 Å². The smallest absolute Gasteiger partial charge is 0.333 e. The monoisotopic (exact) mass is 850 g/mol. The third kappa shape index (κ3) is 18.4. The molecule has 0 aliphatic heterocycles. The zero-order valence-corrected chi connectivity index (χ0v) is 36.2. The normalized spacial score (nSPS) is 11.2. The van der Waals surface area contributed by atoms with Gasteiger partial charge in [0.25, 0.3) is 0 Å². The molecule has 0 unspecified atom stereocenters. The molecule has 13 nitrogen and oxygen atoms in total. The highest BCUT2D eigenvalue weighted by atomic mass is 19.1. The second-order valence-electron chi connectivity index (χ2n) is 14.5. The van der Waals surface area contributed by atoms with Crippen LogP contribution in [0.3, 0.4) is 0 Å². The van der Waals surface area contributed by atoms with Crippen LogP contribution in [-0.4, -0.2) is 83.1 Å². The summed E-state index contributed by atoms with van der Waals surface area (Å²) in [5.74, 6) is -5.01. The number of unbranched alkanes of at least 4 members (excludes halogenated alkanes) is 4. The van der Waals surface area contributed by atoms with E-state index in [9.17, 15) is 28.8 Å². The number of aryl methyl sites for hydroxylation is 3. The number of esters is 6. The summed E-state index contributed by atoms with van der Waals surface area (Å²) >= 11 is 0. The second-order valence-corrected chi connectivity index (χ2v) is 14.5. The summed E-state index contributed by atoms with van der Waals surface area (Å²) in [6.45, 7) is 12.2. The maximum Gasteiger partial charge on any atom is 0.333 e. The predicted octanol–water partition coefficient (Wildman–Crippen LogP) is 7.65.